The first kappa shape index (κ1) is 22.4. The van der Waals surface area contributed by atoms with Gasteiger partial charge < -0.3 is 23.9 Å². The van der Waals surface area contributed by atoms with Crippen LogP contribution < -0.4 is 0 Å². The first-order valence-electron chi connectivity index (χ1n) is 8.98. The van der Waals surface area contributed by atoms with Crippen LogP contribution in [0.15, 0.2) is 0 Å². The van der Waals surface area contributed by atoms with Crippen molar-refractivity contribution in [2.75, 3.05) is 26.3 Å². The number of carbonyl (C=O) groups is 1. The highest BCUT2D eigenvalue weighted by Gasteiger charge is 2.40. The molecule has 25 heavy (non-hydrogen) atoms. The lowest BCUT2D eigenvalue weighted by Crippen LogP contribution is -2.47. The van der Waals surface area contributed by atoms with E-state index < -0.39 is 25.6 Å². The second kappa shape index (κ2) is 7.54. The first-order chi connectivity index (χ1) is 11.0. The van der Waals surface area contributed by atoms with Gasteiger partial charge in [0.25, 0.3) is 0 Å². The molecule has 1 aliphatic rings. The predicted molar refractivity (Wildman–Crippen MR) is 101 cm³/mol. The number of rotatable bonds is 3. The monoisotopic (exact) mass is 375 g/mol. The number of hydrogen-bond donors (Lipinski definition) is 1. The van der Waals surface area contributed by atoms with Crippen LogP contribution in [0, 0.1) is 0 Å². The molecule has 0 bridgehead atoms. The van der Waals surface area contributed by atoms with E-state index in [-0.39, 0.29) is 24.3 Å². The van der Waals surface area contributed by atoms with Gasteiger partial charge in [-0.1, -0.05) is 20.8 Å². The van der Waals surface area contributed by atoms with Gasteiger partial charge in [0.05, 0.1) is 32.4 Å². The Morgan fingerprint density at radius 2 is 1.84 bits per heavy atom. The summed E-state index contributed by atoms with van der Waals surface area (Å²) in [6.45, 7) is 19.2. The minimum atomic E-state index is -1.91. The summed E-state index contributed by atoms with van der Waals surface area (Å²) >= 11 is 0. The van der Waals surface area contributed by atoms with E-state index in [0.29, 0.717) is 13.2 Å². The third kappa shape index (κ3) is 7.25. The highest BCUT2D eigenvalue weighted by Crippen LogP contribution is 2.36. The molecule has 0 aromatic heterocycles. The van der Waals surface area contributed by atoms with Gasteiger partial charge in [-0.2, -0.15) is 0 Å². The smallest absolute Gasteiger partial charge is 0.410 e. The van der Waals surface area contributed by atoms with Crippen LogP contribution >= 0.6 is 0 Å². The molecule has 0 radical (unpaired) electrons. The lowest BCUT2D eigenvalue weighted by atomic mass is 10.1. The zero-order valence-electron chi connectivity index (χ0n) is 17.4. The van der Waals surface area contributed by atoms with E-state index in [0.717, 1.165) is 0 Å². The number of ether oxygens (including phenoxy) is 2. The van der Waals surface area contributed by atoms with Gasteiger partial charge in [-0.3, -0.25) is 0 Å². The number of carbonyl (C=O) groups excluding carboxylic acids is 1. The van der Waals surface area contributed by atoms with Gasteiger partial charge in [-0.25, -0.2) is 4.79 Å². The molecule has 0 aliphatic carbocycles. The van der Waals surface area contributed by atoms with Crippen molar-refractivity contribution in [1.82, 2.24) is 4.90 Å². The Balaban J connectivity index is 2.80. The van der Waals surface area contributed by atoms with Crippen molar-refractivity contribution in [3.05, 3.63) is 0 Å². The minimum Gasteiger partial charge on any atom is -0.444 e. The third-order valence-corrected chi connectivity index (χ3v) is 9.17. The van der Waals surface area contributed by atoms with E-state index in [1.165, 1.54) is 4.90 Å². The van der Waals surface area contributed by atoms with Crippen LogP contribution in [0.3, 0.4) is 0 Å². The van der Waals surface area contributed by atoms with Crippen molar-refractivity contribution in [3.63, 3.8) is 0 Å². The van der Waals surface area contributed by atoms with Gasteiger partial charge in [-0.15, -0.1) is 0 Å². The molecule has 0 aromatic carbocycles. The van der Waals surface area contributed by atoms with E-state index in [4.69, 9.17) is 13.9 Å². The van der Waals surface area contributed by atoms with Gasteiger partial charge in [-0.05, 0) is 45.8 Å². The van der Waals surface area contributed by atoms with Crippen molar-refractivity contribution in [2.45, 2.75) is 83.9 Å². The van der Waals surface area contributed by atoms with Crippen LogP contribution in [0.25, 0.3) is 0 Å². The summed E-state index contributed by atoms with van der Waals surface area (Å²) in [4.78, 5) is 14.0. The molecule has 1 heterocycles. The van der Waals surface area contributed by atoms with Crippen LogP contribution in [0.4, 0.5) is 4.79 Å². The van der Waals surface area contributed by atoms with Gasteiger partial charge >= 0.3 is 6.09 Å². The average Bonchev–Trinajstić information content (AvgIpc) is 2.52. The van der Waals surface area contributed by atoms with Crippen molar-refractivity contribution >= 4 is 14.4 Å². The fourth-order valence-electron chi connectivity index (χ4n) is 2.20. The predicted octanol–water partition coefficient (Wildman–Crippen LogP) is 3.40. The summed E-state index contributed by atoms with van der Waals surface area (Å²) in [6.07, 6.45) is -0.716. The van der Waals surface area contributed by atoms with Gasteiger partial charge in [0, 0.05) is 0 Å². The summed E-state index contributed by atoms with van der Waals surface area (Å²) < 4.78 is 17.5. The zero-order valence-corrected chi connectivity index (χ0v) is 18.4. The van der Waals surface area contributed by atoms with Crippen LogP contribution in [0.5, 0.6) is 0 Å². The summed E-state index contributed by atoms with van der Waals surface area (Å²) in [6, 6.07) is 0. The fourth-order valence-corrected chi connectivity index (χ4v) is 3.24. The number of β-amino-alcohol motifs (C(OH)–C–C–N with tert-alkyl or cyclic N) is 1. The van der Waals surface area contributed by atoms with Crippen molar-refractivity contribution < 1.29 is 23.8 Å². The Bertz CT molecular complexity index is 465. The Hall–Kier alpha value is -0.633. The second-order valence-corrected chi connectivity index (χ2v) is 14.7. The molecule has 0 unspecified atom stereocenters. The van der Waals surface area contributed by atoms with E-state index in [9.17, 15) is 9.90 Å². The molecule has 0 saturated carbocycles. The maximum atomic E-state index is 12.5. The molecular weight excluding hydrogens is 338 g/mol. The Morgan fingerprint density at radius 1 is 1.28 bits per heavy atom. The quantitative estimate of drug-likeness (QED) is 0.766. The first-order valence-corrected chi connectivity index (χ1v) is 11.9. The number of nitrogens with zero attached hydrogens (tertiary/aromatic N) is 1. The standard InChI is InChI=1S/C18H37NO5Si/c1-16(2,3)24-15(20)19-10-14(22-13-18(7,21)12-19)11-23-25(8,9)17(4,5)6/h14,21H,10-13H2,1-9H3/t14-,18+/m0/s1. The van der Waals surface area contributed by atoms with E-state index >= 15 is 0 Å². The maximum Gasteiger partial charge on any atom is 0.410 e. The fraction of sp³-hybridized carbons (Fsp3) is 0.944. The molecule has 148 valence electrons. The Labute approximate surface area is 153 Å². The number of aliphatic hydroxyl groups is 1. The number of hydrogen-bond acceptors (Lipinski definition) is 5. The zero-order chi connectivity index (χ0) is 19.7. The van der Waals surface area contributed by atoms with Crippen LogP contribution in [-0.2, 0) is 13.9 Å². The van der Waals surface area contributed by atoms with Crippen LogP contribution in [0.2, 0.25) is 18.1 Å². The molecule has 0 spiro atoms. The molecule has 6 nitrogen and oxygen atoms in total. The molecule has 1 rings (SSSR count). The van der Waals surface area contributed by atoms with Crippen LogP contribution in [0.1, 0.15) is 48.5 Å². The second-order valence-electron chi connectivity index (χ2n) is 9.86. The summed E-state index contributed by atoms with van der Waals surface area (Å²) in [5, 5.41) is 10.5. The van der Waals surface area contributed by atoms with Crippen molar-refractivity contribution in [3.8, 4) is 0 Å². The normalized spacial score (nSPS) is 26.3. The summed E-state index contributed by atoms with van der Waals surface area (Å²) in [5.74, 6) is 0. The molecule has 1 fully saturated rings. The molecule has 7 heteroatoms. The Kier molecular flexibility index (Phi) is 6.76. The molecule has 0 aromatic rings. The van der Waals surface area contributed by atoms with E-state index in [1.807, 2.05) is 20.8 Å². The lowest BCUT2D eigenvalue weighted by Gasteiger charge is -2.37. The minimum absolute atomic E-state index is 0.105. The highest BCUT2D eigenvalue weighted by molar-refractivity contribution is 6.74. The molecule has 1 amide bonds. The van der Waals surface area contributed by atoms with Gasteiger partial charge in [0.15, 0.2) is 8.32 Å². The molecule has 2 atom stereocenters. The van der Waals surface area contributed by atoms with Gasteiger partial charge in [0.2, 0.25) is 0 Å². The van der Waals surface area contributed by atoms with Crippen LogP contribution in [-0.4, -0.2) is 68.0 Å². The summed E-state index contributed by atoms with van der Waals surface area (Å²) in [7, 11) is -1.91. The number of amides is 1. The molecule has 1 saturated heterocycles. The van der Waals surface area contributed by atoms with E-state index in [2.05, 4.69) is 33.9 Å². The molecule has 1 N–H and O–H groups in total. The highest BCUT2D eigenvalue weighted by atomic mass is 28.4. The van der Waals surface area contributed by atoms with Crippen molar-refractivity contribution in [1.29, 1.82) is 0 Å². The summed E-state index contributed by atoms with van der Waals surface area (Å²) in [5.41, 5.74) is -1.69. The third-order valence-electron chi connectivity index (χ3n) is 4.67. The molecular formula is C18H37NO5Si. The molecule has 1 aliphatic heterocycles. The van der Waals surface area contributed by atoms with E-state index in [1.54, 1.807) is 6.92 Å². The topological polar surface area (TPSA) is 68.2 Å². The SMILES string of the molecule is CC(C)(C)OC(=O)N1C[C@@H](CO[Si](C)(C)C(C)(C)C)OC[C@](C)(O)C1. The Morgan fingerprint density at radius 3 is 2.32 bits per heavy atom. The lowest BCUT2D eigenvalue weighted by molar-refractivity contribution is -0.0525. The average molecular weight is 376 g/mol. The largest absolute Gasteiger partial charge is 0.444 e. The van der Waals surface area contributed by atoms with Crippen molar-refractivity contribution in [2.24, 2.45) is 0 Å². The van der Waals surface area contributed by atoms with Gasteiger partial charge in [0.1, 0.15) is 11.2 Å². The maximum absolute atomic E-state index is 12.5.